The summed E-state index contributed by atoms with van der Waals surface area (Å²) >= 11 is 3.09. The Bertz CT molecular complexity index is 280. The minimum Gasteiger partial charge on any atom is -0.396 e. The predicted molar refractivity (Wildman–Crippen MR) is 54.3 cm³/mol. The number of aliphatic hydroxyl groups excluding tert-OH is 1. The minimum absolute atomic E-state index is 0.162. The van der Waals surface area contributed by atoms with Crippen molar-refractivity contribution < 1.29 is 9.50 Å². The van der Waals surface area contributed by atoms with Crippen LogP contribution in [0.3, 0.4) is 0 Å². The van der Waals surface area contributed by atoms with E-state index in [4.69, 9.17) is 5.11 Å². The molecule has 0 atom stereocenters. The van der Waals surface area contributed by atoms with Gasteiger partial charge in [0.15, 0.2) is 0 Å². The van der Waals surface area contributed by atoms with E-state index < -0.39 is 0 Å². The zero-order valence-corrected chi connectivity index (χ0v) is 8.64. The second kappa shape index (κ2) is 5.19. The van der Waals surface area contributed by atoms with Gasteiger partial charge in [0.1, 0.15) is 5.82 Å². The third kappa shape index (κ3) is 3.32. The monoisotopic (exact) mass is 247 g/mol. The minimum atomic E-state index is -0.271. The largest absolute Gasteiger partial charge is 0.396 e. The van der Waals surface area contributed by atoms with E-state index in [9.17, 15) is 4.39 Å². The molecule has 1 aromatic rings. The van der Waals surface area contributed by atoms with E-state index in [1.54, 1.807) is 12.1 Å². The molecule has 0 fully saturated rings. The second-order valence-corrected chi connectivity index (χ2v) is 3.49. The van der Waals surface area contributed by atoms with Gasteiger partial charge in [-0.3, -0.25) is 0 Å². The normalized spacial score (nSPS) is 10.1. The highest BCUT2D eigenvalue weighted by molar-refractivity contribution is 9.10. The first kappa shape index (κ1) is 10.5. The molecular weight excluding hydrogens is 237 g/mol. The molecule has 13 heavy (non-hydrogen) atoms. The van der Waals surface area contributed by atoms with Crippen LogP contribution >= 0.6 is 15.9 Å². The maximum absolute atomic E-state index is 12.8. The molecule has 1 rings (SSSR count). The standard InChI is InChI=1S/C9H11BrFNO/c10-8-6-7(2-3-9(8)11)12-4-1-5-13/h2-3,6,12-13H,1,4-5H2. The maximum Gasteiger partial charge on any atom is 0.137 e. The van der Waals surface area contributed by atoms with Crippen molar-refractivity contribution in [1.29, 1.82) is 0 Å². The Morgan fingerprint density at radius 2 is 2.23 bits per heavy atom. The van der Waals surface area contributed by atoms with Crippen molar-refractivity contribution in [1.82, 2.24) is 0 Å². The number of halogens is 2. The maximum atomic E-state index is 12.8. The quantitative estimate of drug-likeness (QED) is 0.802. The van der Waals surface area contributed by atoms with E-state index in [1.165, 1.54) is 6.07 Å². The van der Waals surface area contributed by atoms with Crippen molar-refractivity contribution in [3.63, 3.8) is 0 Å². The molecule has 0 saturated carbocycles. The summed E-state index contributed by atoms with van der Waals surface area (Å²) in [6.45, 7) is 0.851. The Morgan fingerprint density at radius 1 is 1.46 bits per heavy atom. The van der Waals surface area contributed by atoms with E-state index in [0.717, 1.165) is 5.69 Å². The van der Waals surface area contributed by atoms with E-state index in [0.29, 0.717) is 17.4 Å². The smallest absolute Gasteiger partial charge is 0.137 e. The summed E-state index contributed by atoms with van der Waals surface area (Å²) in [5.41, 5.74) is 0.849. The summed E-state index contributed by atoms with van der Waals surface area (Å²) in [5, 5.41) is 11.6. The van der Waals surface area contributed by atoms with Gasteiger partial charge in [-0.15, -0.1) is 0 Å². The summed E-state index contributed by atoms with van der Waals surface area (Å²) < 4.78 is 13.2. The number of rotatable bonds is 4. The van der Waals surface area contributed by atoms with Gasteiger partial charge in [0.2, 0.25) is 0 Å². The fraction of sp³-hybridized carbons (Fsp3) is 0.333. The molecule has 0 unspecified atom stereocenters. The Hall–Kier alpha value is -0.610. The van der Waals surface area contributed by atoms with Gasteiger partial charge in [0.05, 0.1) is 4.47 Å². The molecule has 0 aromatic heterocycles. The lowest BCUT2D eigenvalue weighted by atomic mass is 10.3. The van der Waals surface area contributed by atoms with Gasteiger partial charge in [0.25, 0.3) is 0 Å². The Kier molecular flexibility index (Phi) is 4.18. The van der Waals surface area contributed by atoms with Gasteiger partial charge < -0.3 is 10.4 Å². The molecule has 0 heterocycles. The summed E-state index contributed by atoms with van der Waals surface area (Å²) in [4.78, 5) is 0. The highest BCUT2D eigenvalue weighted by Gasteiger charge is 1.98. The SMILES string of the molecule is OCCCNc1ccc(F)c(Br)c1. The van der Waals surface area contributed by atoms with Gasteiger partial charge in [-0.05, 0) is 40.5 Å². The molecule has 0 aliphatic carbocycles. The molecule has 0 amide bonds. The molecular formula is C9H11BrFNO. The van der Waals surface area contributed by atoms with Gasteiger partial charge in [-0.1, -0.05) is 0 Å². The van der Waals surface area contributed by atoms with Crippen molar-refractivity contribution in [2.24, 2.45) is 0 Å². The van der Waals surface area contributed by atoms with Crippen molar-refractivity contribution in [3.05, 3.63) is 28.5 Å². The summed E-state index contributed by atoms with van der Waals surface area (Å²) in [6.07, 6.45) is 0.689. The van der Waals surface area contributed by atoms with Crippen LogP contribution in [-0.4, -0.2) is 18.3 Å². The van der Waals surface area contributed by atoms with Crippen molar-refractivity contribution in [2.45, 2.75) is 6.42 Å². The lowest BCUT2D eigenvalue weighted by Gasteiger charge is -2.05. The molecule has 0 saturated heterocycles. The van der Waals surface area contributed by atoms with E-state index in [2.05, 4.69) is 21.2 Å². The molecule has 0 bridgehead atoms. The molecule has 0 aliphatic rings. The van der Waals surface area contributed by atoms with Crippen molar-refractivity contribution in [3.8, 4) is 0 Å². The van der Waals surface area contributed by atoms with E-state index in [1.807, 2.05) is 0 Å². The average Bonchev–Trinajstić information content (AvgIpc) is 2.12. The van der Waals surface area contributed by atoms with Crippen LogP contribution in [0, 0.1) is 5.82 Å². The molecule has 0 radical (unpaired) electrons. The molecule has 0 aliphatic heterocycles. The fourth-order valence-corrected chi connectivity index (χ4v) is 1.30. The molecule has 1 aromatic carbocycles. The van der Waals surface area contributed by atoms with Crippen LogP contribution in [0.25, 0.3) is 0 Å². The summed E-state index contributed by atoms with van der Waals surface area (Å²) in [7, 11) is 0. The highest BCUT2D eigenvalue weighted by atomic mass is 79.9. The molecule has 2 nitrogen and oxygen atoms in total. The number of benzene rings is 1. The third-order valence-electron chi connectivity index (χ3n) is 1.58. The topological polar surface area (TPSA) is 32.3 Å². The number of aliphatic hydroxyl groups is 1. The van der Waals surface area contributed by atoms with Gasteiger partial charge in [-0.25, -0.2) is 4.39 Å². The Balaban J connectivity index is 2.53. The molecule has 2 N–H and O–H groups in total. The summed E-state index contributed by atoms with van der Waals surface area (Å²) in [5.74, 6) is -0.271. The zero-order valence-electron chi connectivity index (χ0n) is 7.06. The zero-order chi connectivity index (χ0) is 9.68. The van der Waals surface area contributed by atoms with Crippen molar-refractivity contribution >= 4 is 21.6 Å². The van der Waals surface area contributed by atoms with Crippen LogP contribution in [0.4, 0.5) is 10.1 Å². The summed E-state index contributed by atoms with van der Waals surface area (Å²) in [6, 6.07) is 4.73. The number of hydrogen-bond donors (Lipinski definition) is 2. The lowest BCUT2D eigenvalue weighted by molar-refractivity contribution is 0.292. The van der Waals surface area contributed by atoms with Gasteiger partial charge in [0, 0.05) is 18.8 Å². The first-order chi connectivity index (χ1) is 6.24. The highest BCUT2D eigenvalue weighted by Crippen LogP contribution is 2.19. The van der Waals surface area contributed by atoms with Crippen LogP contribution in [0.15, 0.2) is 22.7 Å². The Labute approximate surface area is 84.9 Å². The molecule has 4 heteroatoms. The van der Waals surface area contributed by atoms with Crippen LogP contribution in [0.1, 0.15) is 6.42 Å². The average molecular weight is 248 g/mol. The predicted octanol–water partition coefficient (Wildman–Crippen LogP) is 2.38. The van der Waals surface area contributed by atoms with Gasteiger partial charge in [-0.2, -0.15) is 0 Å². The van der Waals surface area contributed by atoms with E-state index >= 15 is 0 Å². The molecule has 72 valence electrons. The first-order valence-electron chi connectivity index (χ1n) is 4.04. The fourth-order valence-electron chi connectivity index (χ4n) is 0.918. The third-order valence-corrected chi connectivity index (χ3v) is 2.19. The van der Waals surface area contributed by atoms with E-state index in [-0.39, 0.29) is 12.4 Å². The second-order valence-electron chi connectivity index (χ2n) is 2.63. The first-order valence-corrected chi connectivity index (χ1v) is 4.83. The number of hydrogen-bond acceptors (Lipinski definition) is 2. The Morgan fingerprint density at radius 3 is 2.85 bits per heavy atom. The molecule has 0 spiro atoms. The number of anilines is 1. The van der Waals surface area contributed by atoms with Gasteiger partial charge >= 0.3 is 0 Å². The van der Waals surface area contributed by atoms with Crippen molar-refractivity contribution in [2.75, 3.05) is 18.5 Å². The van der Waals surface area contributed by atoms with Crippen LogP contribution in [0.5, 0.6) is 0 Å². The number of nitrogens with one attached hydrogen (secondary N) is 1. The lowest BCUT2D eigenvalue weighted by Crippen LogP contribution is -2.03. The van der Waals surface area contributed by atoms with Crippen LogP contribution in [-0.2, 0) is 0 Å². The van der Waals surface area contributed by atoms with Crippen LogP contribution in [0.2, 0.25) is 0 Å². The van der Waals surface area contributed by atoms with Crippen LogP contribution < -0.4 is 5.32 Å².